The van der Waals surface area contributed by atoms with Gasteiger partial charge in [-0.1, -0.05) is 25.4 Å². The standard InChI is InChI=1S/C20H24ClF3N6O/c1-12(2)10-29-17(25)16-8-13(4-7-26-16)19(31)28-6-3-5-27-18-15(21)9-14(11-30-18)20(22,23)24/h4,7-9,11-12H,3,5-6,10H2,1-2H3,(H2,25,29)(H,27,30)(H,28,31). The van der Waals surface area contributed by atoms with E-state index in [1.165, 1.54) is 6.20 Å². The number of hydrogen-bond donors (Lipinski definition) is 3. The first-order valence-electron chi connectivity index (χ1n) is 9.59. The van der Waals surface area contributed by atoms with E-state index in [2.05, 4.69) is 25.6 Å². The van der Waals surface area contributed by atoms with Gasteiger partial charge in [-0.15, -0.1) is 0 Å². The molecule has 7 nitrogen and oxygen atoms in total. The molecule has 31 heavy (non-hydrogen) atoms. The van der Waals surface area contributed by atoms with Gasteiger partial charge in [0.05, 0.1) is 10.6 Å². The first-order valence-corrected chi connectivity index (χ1v) is 9.97. The van der Waals surface area contributed by atoms with Crippen LogP contribution in [-0.4, -0.2) is 41.3 Å². The lowest BCUT2D eigenvalue weighted by Gasteiger charge is -2.11. The summed E-state index contributed by atoms with van der Waals surface area (Å²) in [6, 6.07) is 3.95. The summed E-state index contributed by atoms with van der Waals surface area (Å²) in [7, 11) is 0. The number of amides is 1. The fraction of sp³-hybridized carbons (Fsp3) is 0.400. The van der Waals surface area contributed by atoms with Crippen molar-refractivity contribution in [3.05, 3.63) is 52.4 Å². The number of anilines is 1. The fourth-order valence-electron chi connectivity index (χ4n) is 2.40. The van der Waals surface area contributed by atoms with Crippen molar-refractivity contribution in [3.8, 4) is 0 Å². The van der Waals surface area contributed by atoms with Gasteiger partial charge in [0, 0.05) is 37.6 Å². The zero-order valence-corrected chi connectivity index (χ0v) is 17.9. The Kier molecular flexibility index (Phi) is 8.61. The molecule has 2 aromatic rings. The zero-order valence-electron chi connectivity index (χ0n) is 17.1. The molecular formula is C20H24ClF3N6O. The van der Waals surface area contributed by atoms with Crippen LogP contribution in [0.4, 0.5) is 19.0 Å². The number of halogens is 4. The van der Waals surface area contributed by atoms with Crippen LogP contribution in [0.1, 0.15) is 41.9 Å². The second-order valence-electron chi connectivity index (χ2n) is 7.14. The van der Waals surface area contributed by atoms with Crippen LogP contribution in [0.15, 0.2) is 35.6 Å². The number of hydrogen-bond acceptors (Lipinski definition) is 5. The van der Waals surface area contributed by atoms with Gasteiger partial charge in [0.15, 0.2) is 0 Å². The summed E-state index contributed by atoms with van der Waals surface area (Å²) in [4.78, 5) is 24.4. The molecule has 2 heterocycles. The molecular weight excluding hydrogens is 433 g/mol. The first kappa shape index (κ1) is 24.4. The van der Waals surface area contributed by atoms with E-state index >= 15 is 0 Å². The van der Waals surface area contributed by atoms with Crippen LogP contribution in [0, 0.1) is 5.92 Å². The van der Waals surface area contributed by atoms with Crippen molar-refractivity contribution in [2.24, 2.45) is 16.6 Å². The number of pyridine rings is 2. The molecule has 168 valence electrons. The van der Waals surface area contributed by atoms with Crippen LogP contribution in [0.3, 0.4) is 0 Å². The molecule has 0 saturated carbocycles. The molecule has 0 radical (unpaired) electrons. The maximum absolute atomic E-state index is 12.6. The van der Waals surface area contributed by atoms with Gasteiger partial charge in [-0.05, 0) is 30.5 Å². The largest absolute Gasteiger partial charge is 0.417 e. The Hall–Kier alpha value is -2.88. The third kappa shape index (κ3) is 7.71. The van der Waals surface area contributed by atoms with E-state index in [9.17, 15) is 18.0 Å². The Morgan fingerprint density at radius 3 is 2.65 bits per heavy atom. The molecule has 0 fully saturated rings. The van der Waals surface area contributed by atoms with Gasteiger partial charge in [0.1, 0.15) is 17.3 Å². The number of amidine groups is 1. The molecule has 4 N–H and O–H groups in total. The smallest absolute Gasteiger partial charge is 0.382 e. The number of aromatic nitrogens is 2. The lowest BCUT2D eigenvalue weighted by molar-refractivity contribution is -0.137. The highest BCUT2D eigenvalue weighted by atomic mass is 35.5. The number of rotatable bonds is 9. The minimum atomic E-state index is -4.50. The van der Waals surface area contributed by atoms with Crippen molar-refractivity contribution >= 4 is 29.2 Å². The lowest BCUT2D eigenvalue weighted by Crippen LogP contribution is -2.26. The molecule has 1 amide bonds. The molecule has 0 unspecified atom stereocenters. The summed E-state index contributed by atoms with van der Waals surface area (Å²) in [6.45, 7) is 5.29. The molecule has 11 heteroatoms. The van der Waals surface area contributed by atoms with E-state index in [-0.39, 0.29) is 22.6 Å². The van der Waals surface area contributed by atoms with Crippen molar-refractivity contribution in [2.75, 3.05) is 25.0 Å². The molecule has 0 aromatic carbocycles. The van der Waals surface area contributed by atoms with Gasteiger partial charge in [0.25, 0.3) is 5.91 Å². The van der Waals surface area contributed by atoms with Crippen LogP contribution in [0.25, 0.3) is 0 Å². The number of nitrogens with one attached hydrogen (secondary N) is 2. The van der Waals surface area contributed by atoms with Crippen molar-refractivity contribution in [1.29, 1.82) is 0 Å². The number of alkyl halides is 3. The van der Waals surface area contributed by atoms with Crippen LogP contribution < -0.4 is 16.4 Å². The lowest BCUT2D eigenvalue weighted by atomic mass is 10.2. The van der Waals surface area contributed by atoms with Crippen molar-refractivity contribution < 1.29 is 18.0 Å². The highest BCUT2D eigenvalue weighted by molar-refractivity contribution is 6.32. The summed E-state index contributed by atoms with van der Waals surface area (Å²) in [6.07, 6.45) is -1.80. The highest BCUT2D eigenvalue weighted by Gasteiger charge is 2.31. The number of carbonyl (C=O) groups excluding carboxylic acids is 1. The van der Waals surface area contributed by atoms with E-state index in [0.29, 0.717) is 49.4 Å². The van der Waals surface area contributed by atoms with E-state index in [0.717, 1.165) is 6.07 Å². The van der Waals surface area contributed by atoms with Gasteiger partial charge in [0.2, 0.25) is 0 Å². The molecule has 0 bridgehead atoms. The van der Waals surface area contributed by atoms with Crippen LogP contribution in [-0.2, 0) is 6.18 Å². The Labute approximate surface area is 183 Å². The minimum Gasteiger partial charge on any atom is -0.382 e. The molecule has 0 saturated heterocycles. The fourth-order valence-corrected chi connectivity index (χ4v) is 2.63. The third-order valence-corrected chi connectivity index (χ3v) is 4.30. The molecule has 2 aromatic heterocycles. The average Bonchev–Trinajstić information content (AvgIpc) is 2.71. The van der Waals surface area contributed by atoms with Gasteiger partial charge in [-0.25, -0.2) is 4.98 Å². The molecule has 0 aliphatic rings. The van der Waals surface area contributed by atoms with Crippen LogP contribution >= 0.6 is 11.6 Å². The molecule has 0 aliphatic heterocycles. The van der Waals surface area contributed by atoms with E-state index in [1.807, 2.05) is 13.8 Å². The second-order valence-corrected chi connectivity index (χ2v) is 7.55. The van der Waals surface area contributed by atoms with E-state index < -0.39 is 11.7 Å². The average molecular weight is 457 g/mol. The molecule has 2 rings (SSSR count). The van der Waals surface area contributed by atoms with Gasteiger partial charge >= 0.3 is 6.18 Å². The highest BCUT2D eigenvalue weighted by Crippen LogP contribution is 2.32. The first-order chi connectivity index (χ1) is 14.6. The predicted octanol–water partition coefficient (Wildman–Crippen LogP) is 3.74. The third-order valence-electron chi connectivity index (χ3n) is 4.01. The van der Waals surface area contributed by atoms with E-state index in [4.69, 9.17) is 17.3 Å². The number of nitrogens with two attached hydrogens (primary N) is 1. The zero-order chi connectivity index (χ0) is 23.0. The second kappa shape index (κ2) is 10.9. The summed E-state index contributed by atoms with van der Waals surface area (Å²) < 4.78 is 37.9. The quantitative estimate of drug-likeness (QED) is 0.303. The van der Waals surface area contributed by atoms with Crippen LogP contribution in [0.5, 0.6) is 0 Å². The maximum Gasteiger partial charge on any atom is 0.417 e. The van der Waals surface area contributed by atoms with Gasteiger partial charge < -0.3 is 16.4 Å². The number of aliphatic imine (C=N–C) groups is 1. The van der Waals surface area contributed by atoms with Crippen molar-refractivity contribution in [1.82, 2.24) is 15.3 Å². The normalized spacial score (nSPS) is 12.2. The maximum atomic E-state index is 12.6. The summed E-state index contributed by atoms with van der Waals surface area (Å²) in [5, 5.41) is 5.48. The molecule has 0 aliphatic carbocycles. The van der Waals surface area contributed by atoms with Crippen molar-refractivity contribution in [3.63, 3.8) is 0 Å². The number of nitrogens with zero attached hydrogens (tertiary/aromatic N) is 3. The van der Waals surface area contributed by atoms with Gasteiger partial charge in [-0.2, -0.15) is 13.2 Å². The van der Waals surface area contributed by atoms with Gasteiger partial charge in [-0.3, -0.25) is 14.8 Å². The summed E-state index contributed by atoms with van der Waals surface area (Å²) >= 11 is 5.84. The van der Waals surface area contributed by atoms with Crippen LogP contribution in [0.2, 0.25) is 5.02 Å². The Bertz CT molecular complexity index is 933. The summed E-state index contributed by atoms with van der Waals surface area (Å²) in [5.41, 5.74) is 5.83. The SMILES string of the molecule is CC(C)CN=C(N)c1cc(C(=O)NCCCNc2ncc(C(F)(F)F)cc2Cl)ccn1. The summed E-state index contributed by atoms with van der Waals surface area (Å²) in [5.74, 6) is 0.474. The Balaban J connectivity index is 1.82. The Morgan fingerprint density at radius 2 is 2.00 bits per heavy atom. The number of carbonyl (C=O) groups is 1. The molecule has 0 spiro atoms. The minimum absolute atomic E-state index is 0.125. The Morgan fingerprint density at radius 1 is 1.26 bits per heavy atom. The predicted molar refractivity (Wildman–Crippen MR) is 114 cm³/mol. The molecule has 0 atom stereocenters. The van der Waals surface area contributed by atoms with E-state index in [1.54, 1.807) is 12.1 Å². The van der Waals surface area contributed by atoms with Crippen molar-refractivity contribution in [2.45, 2.75) is 26.4 Å². The topological polar surface area (TPSA) is 105 Å². The monoisotopic (exact) mass is 456 g/mol.